The van der Waals surface area contributed by atoms with Crippen LogP contribution < -0.4 is 20.1 Å². The number of ether oxygens (including phenoxy) is 2. The predicted molar refractivity (Wildman–Crippen MR) is 136 cm³/mol. The first-order valence-electron chi connectivity index (χ1n) is 11.8. The van der Waals surface area contributed by atoms with Gasteiger partial charge in [0.05, 0.1) is 26.2 Å². The van der Waals surface area contributed by atoms with Crippen LogP contribution in [0.15, 0.2) is 42.5 Å². The first-order valence-corrected chi connectivity index (χ1v) is 11.8. The standard InChI is InChI=1S/C26H36N4O5/c1-17-14-30(18(2)16-31)25(32)13-19-12-21(8-11-23(19)35-24(17)15-29(3)4)28-26(33)27-20-6-9-22(34-5)10-7-20/h6-12,17-18,24,31H,13-16H2,1-5H3,(H2,27,28,33)/t17-,18-,24+/m1/s1. The van der Waals surface area contributed by atoms with Crippen LogP contribution in [0.3, 0.4) is 0 Å². The molecule has 3 amide bonds. The van der Waals surface area contributed by atoms with Gasteiger partial charge in [-0.15, -0.1) is 0 Å². The molecule has 3 atom stereocenters. The molecule has 2 aromatic carbocycles. The van der Waals surface area contributed by atoms with E-state index in [0.29, 0.717) is 41.5 Å². The maximum absolute atomic E-state index is 13.2. The predicted octanol–water partition coefficient (Wildman–Crippen LogP) is 3.05. The number of fused-ring (bicyclic) bond motifs is 1. The van der Waals surface area contributed by atoms with E-state index in [0.717, 1.165) is 0 Å². The fraction of sp³-hybridized carbons (Fsp3) is 0.462. The maximum Gasteiger partial charge on any atom is 0.323 e. The van der Waals surface area contributed by atoms with Gasteiger partial charge in [-0.2, -0.15) is 0 Å². The van der Waals surface area contributed by atoms with E-state index < -0.39 is 6.03 Å². The molecule has 0 radical (unpaired) electrons. The summed E-state index contributed by atoms with van der Waals surface area (Å²) in [5.74, 6) is 1.28. The van der Waals surface area contributed by atoms with Gasteiger partial charge in [0.15, 0.2) is 0 Å². The van der Waals surface area contributed by atoms with Crippen molar-refractivity contribution in [2.45, 2.75) is 32.4 Å². The third-order valence-electron chi connectivity index (χ3n) is 6.07. The molecule has 1 heterocycles. The molecule has 0 spiro atoms. The van der Waals surface area contributed by atoms with Crippen molar-refractivity contribution in [2.24, 2.45) is 5.92 Å². The Hall–Kier alpha value is -3.30. The van der Waals surface area contributed by atoms with Crippen molar-refractivity contribution >= 4 is 23.3 Å². The third-order valence-corrected chi connectivity index (χ3v) is 6.07. The molecule has 0 saturated carbocycles. The molecule has 0 aromatic heterocycles. The van der Waals surface area contributed by atoms with Crippen molar-refractivity contribution < 1.29 is 24.2 Å². The molecule has 9 nitrogen and oxygen atoms in total. The van der Waals surface area contributed by atoms with E-state index in [2.05, 4.69) is 22.5 Å². The largest absolute Gasteiger partial charge is 0.497 e. The van der Waals surface area contributed by atoms with Crippen LogP contribution in [-0.2, 0) is 11.2 Å². The van der Waals surface area contributed by atoms with Crippen LogP contribution >= 0.6 is 0 Å². The lowest BCUT2D eigenvalue weighted by molar-refractivity contribution is -0.134. The number of hydrogen-bond acceptors (Lipinski definition) is 6. The molecule has 3 N–H and O–H groups in total. The van der Waals surface area contributed by atoms with Crippen molar-refractivity contribution in [1.82, 2.24) is 9.80 Å². The quantitative estimate of drug-likeness (QED) is 0.558. The summed E-state index contributed by atoms with van der Waals surface area (Å²) in [5, 5.41) is 15.3. The number of aliphatic hydroxyl groups excluding tert-OH is 1. The molecule has 0 bridgehead atoms. The van der Waals surface area contributed by atoms with Crippen molar-refractivity contribution in [2.75, 3.05) is 51.5 Å². The summed E-state index contributed by atoms with van der Waals surface area (Å²) in [6.45, 7) is 4.95. The van der Waals surface area contributed by atoms with Crippen LogP contribution in [-0.4, -0.2) is 79.9 Å². The Morgan fingerprint density at radius 2 is 1.86 bits per heavy atom. The lowest BCUT2D eigenvalue weighted by Crippen LogP contribution is -2.47. The van der Waals surface area contributed by atoms with E-state index in [-0.39, 0.29) is 37.0 Å². The number of nitrogens with one attached hydrogen (secondary N) is 2. The topological polar surface area (TPSA) is 103 Å². The van der Waals surface area contributed by atoms with E-state index >= 15 is 0 Å². The normalized spacial score (nSPS) is 19.1. The van der Waals surface area contributed by atoms with Crippen molar-refractivity contribution in [3.05, 3.63) is 48.0 Å². The van der Waals surface area contributed by atoms with Gasteiger partial charge in [0.1, 0.15) is 17.6 Å². The highest BCUT2D eigenvalue weighted by molar-refractivity contribution is 6.00. The lowest BCUT2D eigenvalue weighted by Gasteiger charge is -2.33. The lowest BCUT2D eigenvalue weighted by atomic mass is 10.0. The SMILES string of the molecule is COc1ccc(NC(=O)Nc2ccc3c(c2)CC(=O)N([C@H](C)CO)C[C@@H](C)[C@H](CN(C)C)O3)cc1. The molecule has 35 heavy (non-hydrogen) atoms. The van der Waals surface area contributed by atoms with Gasteiger partial charge < -0.3 is 35.0 Å². The average Bonchev–Trinajstić information content (AvgIpc) is 2.86. The number of rotatable bonds is 7. The van der Waals surface area contributed by atoms with Crippen LogP contribution in [0.2, 0.25) is 0 Å². The van der Waals surface area contributed by atoms with Crippen LogP contribution in [0.5, 0.6) is 11.5 Å². The first kappa shape index (κ1) is 26.3. The minimum atomic E-state index is -0.403. The molecule has 190 valence electrons. The summed E-state index contributed by atoms with van der Waals surface area (Å²) >= 11 is 0. The molecule has 1 aliphatic rings. The Morgan fingerprint density at radius 3 is 2.49 bits per heavy atom. The molecule has 1 aliphatic heterocycles. The van der Waals surface area contributed by atoms with Gasteiger partial charge in [0, 0.05) is 35.9 Å². The van der Waals surface area contributed by atoms with E-state index in [9.17, 15) is 14.7 Å². The van der Waals surface area contributed by atoms with Crippen LogP contribution in [0.1, 0.15) is 19.4 Å². The fourth-order valence-electron chi connectivity index (χ4n) is 4.05. The maximum atomic E-state index is 13.2. The van der Waals surface area contributed by atoms with Gasteiger partial charge in [-0.3, -0.25) is 4.79 Å². The van der Waals surface area contributed by atoms with Crippen molar-refractivity contribution in [3.8, 4) is 11.5 Å². The number of aliphatic hydroxyl groups is 1. The number of anilines is 2. The molecule has 3 rings (SSSR count). The Labute approximate surface area is 207 Å². The zero-order valence-electron chi connectivity index (χ0n) is 21.1. The van der Waals surface area contributed by atoms with Crippen molar-refractivity contribution in [3.63, 3.8) is 0 Å². The summed E-state index contributed by atoms with van der Waals surface area (Å²) in [7, 11) is 5.55. The number of likely N-dealkylation sites (N-methyl/N-ethyl adjacent to an activating group) is 1. The highest BCUT2D eigenvalue weighted by atomic mass is 16.5. The van der Waals surface area contributed by atoms with E-state index in [1.807, 2.05) is 21.0 Å². The Morgan fingerprint density at radius 1 is 1.20 bits per heavy atom. The number of hydrogen-bond donors (Lipinski definition) is 3. The van der Waals surface area contributed by atoms with Crippen LogP contribution in [0.25, 0.3) is 0 Å². The summed E-state index contributed by atoms with van der Waals surface area (Å²) < 4.78 is 11.5. The molecule has 0 unspecified atom stereocenters. The molecule has 0 fully saturated rings. The minimum Gasteiger partial charge on any atom is -0.497 e. The van der Waals surface area contributed by atoms with Crippen LogP contribution in [0, 0.1) is 5.92 Å². The first-order chi connectivity index (χ1) is 16.7. The number of amides is 3. The fourth-order valence-corrected chi connectivity index (χ4v) is 4.05. The van der Waals surface area contributed by atoms with Gasteiger partial charge in [0.25, 0.3) is 0 Å². The van der Waals surface area contributed by atoms with Gasteiger partial charge in [-0.05, 0) is 63.5 Å². The van der Waals surface area contributed by atoms with E-state index in [1.165, 1.54) is 0 Å². The van der Waals surface area contributed by atoms with Gasteiger partial charge in [-0.25, -0.2) is 4.79 Å². The number of carbonyl (C=O) groups is 2. The highest BCUT2D eigenvalue weighted by Crippen LogP contribution is 2.29. The summed E-state index contributed by atoms with van der Waals surface area (Å²) in [4.78, 5) is 29.6. The Kier molecular flexibility index (Phi) is 8.95. The number of urea groups is 1. The second-order valence-corrected chi connectivity index (χ2v) is 9.28. The summed E-state index contributed by atoms with van der Waals surface area (Å²) in [5.41, 5.74) is 1.85. The average molecular weight is 485 g/mol. The third kappa shape index (κ3) is 7.10. The number of nitrogens with zero attached hydrogens (tertiary/aromatic N) is 2. The molecule has 2 aromatic rings. The minimum absolute atomic E-state index is 0.0503. The van der Waals surface area contributed by atoms with Gasteiger partial charge in [-0.1, -0.05) is 6.92 Å². The zero-order valence-corrected chi connectivity index (χ0v) is 21.1. The molecular formula is C26H36N4O5. The molecule has 0 aliphatic carbocycles. The Balaban J connectivity index is 1.83. The molecule has 9 heteroatoms. The second kappa shape index (κ2) is 11.9. The van der Waals surface area contributed by atoms with E-state index in [1.54, 1.807) is 54.5 Å². The summed E-state index contributed by atoms with van der Waals surface area (Å²) in [6.07, 6.45) is -0.0447. The summed E-state index contributed by atoms with van der Waals surface area (Å²) in [6, 6.07) is 11.6. The second-order valence-electron chi connectivity index (χ2n) is 9.28. The molecular weight excluding hydrogens is 448 g/mol. The van der Waals surface area contributed by atoms with Gasteiger partial charge in [0.2, 0.25) is 5.91 Å². The zero-order chi connectivity index (χ0) is 25.5. The van der Waals surface area contributed by atoms with Crippen LogP contribution in [0.4, 0.5) is 16.2 Å². The Bertz CT molecular complexity index is 1010. The number of benzene rings is 2. The molecule has 0 saturated heterocycles. The number of methoxy groups -OCH3 is 1. The van der Waals surface area contributed by atoms with Crippen molar-refractivity contribution in [1.29, 1.82) is 0 Å². The highest BCUT2D eigenvalue weighted by Gasteiger charge is 2.30. The van der Waals surface area contributed by atoms with E-state index in [4.69, 9.17) is 9.47 Å². The monoisotopic (exact) mass is 484 g/mol. The number of carbonyl (C=O) groups excluding carboxylic acids is 2. The van der Waals surface area contributed by atoms with Gasteiger partial charge >= 0.3 is 6.03 Å². The smallest absolute Gasteiger partial charge is 0.323 e.